The topological polar surface area (TPSA) is 91.4 Å². The van der Waals surface area contributed by atoms with E-state index >= 15 is 0 Å². The van der Waals surface area contributed by atoms with Crippen LogP contribution in [-0.2, 0) is 33.3 Å². The monoisotopic (exact) mass is 830 g/mol. The van der Waals surface area contributed by atoms with Gasteiger partial charge in [-0.2, -0.15) is 0 Å². The van der Waals surface area contributed by atoms with Crippen LogP contribution in [-0.4, -0.2) is 74.0 Å². The fraction of sp³-hybridized carbons (Fsp3) is 0.941. The maximum atomic E-state index is 13.1. The molecule has 2 heterocycles. The van der Waals surface area contributed by atoms with Crippen molar-refractivity contribution >= 4 is 17.9 Å². The smallest absolute Gasteiger partial charge is 0.309 e. The van der Waals surface area contributed by atoms with E-state index in [9.17, 15) is 14.4 Å². The molecule has 4 aliphatic rings. The average molecular weight is 830 g/mol. The predicted octanol–water partition coefficient (Wildman–Crippen LogP) is 12.7. The molecule has 342 valence electrons. The van der Waals surface area contributed by atoms with Gasteiger partial charge < -0.3 is 23.8 Å². The Morgan fingerprint density at radius 2 is 0.966 bits per heavy atom. The molecule has 0 aromatic rings. The Balaban J connectivity index is 1.07. The van der Waals surface area contributed by atoms with Gasteiger partial charge in [-0.1, -0.05) is 175 Å². The standard InChI is InChI=1S/C51H91NO7/c1-4-7-9-11-15-21-27-42-37-44(42)29-23-17-13-19-25-31-48(53)58-47-40-56-46(39-57-51(55)41-33-35-52(6-3)36-34-41)50(47)59-49(54)32-26-20-14-18-24-30-45-38-43(45)28-22-16-12-10-8-5-2/h41-47,50H,4-40H2,1-3H3/t42?,43?,44?,45?,46?,47-,50-/m0/s1. The van der Waals surface area contributed by atoms with Crippen molar-refractivity contribution in [3.8, 4) is 0 Å². The summed E-state index contributed by atoms with van der Waals surface area (Å²) in [4.78, 5) is 41.4. The lowest BCUT2D eigenvalue weighted by Crippen LogP contribution is -2.41. The molecule has 8 heteroatoms. The normalized spacial score (nSPS) is 25.6. The molecule has 0 radical (unpaired) electrons. The van der Waals surface area contributed by atoms with Crippen molar-refractivity contribution in [1.82, 2.24) is 4.90 Å². The maximum Gasteiger partial charge on any atom is 0.309 e. The van der Waals surface area contributed by atoms with Crippen LogP contribution in [0.25, 0.3) is 0 Å². The summed E-state index contributed by atoms with van der Waals surface area (Å²) in [6, 6.07) is 0. The first kappa shape index (κ1) is 50.0. The van der Waals surface area contributed by atoms with E-state index < -0.39 is 18.3 Å². The first-order valence-corrected chi connectivity index (χ1v) is 25.8. The summed E-state index contributed by atoms with van der Waals surface area (Å²) in [5, 5.41) is 0. The molecule has 0 bridgehead atoms. The molecule has 2 saturated heterocycles. The van der Waals surface area contributed by atoms with Crippen molar-refractivity contribution in [3.05, 3.63) is 0 Å². The molecule has 0 amide bonds. The Labute approximate surface area is 362 Å². The number of ether oxygens (including phenoxy) is 4. The molecule has 4 rings (SSSR count). The number of piperidine rings is 1. The quantitative estimate of drug-likeness (QED) is 0.0350. The van der Waals surface area contributed by atoms with Gasteiger partial charge >= 0.3 is 17.9 Å². The first-order valence-electron chi connectivity index (χ1n) is 25.8. The summed E-state index contributed by atoms with van der Waals surface area (Å²) in [5.74, 6) is 3.03. The summed E-state index contributed by atoms with van der Waals surface area (Å²) >= 11 is 0. The summed E-state index contributed by atoms with van der Waals surface area (Å²) < 4.78 is 23.6. The van der Waals surface area contributed by atoms with Crippen LogP contribution in [0.2, 0.25) is 0 Å². The van der Waals surface area contributed by atoms with Crippen LogP contribution in [0, 0.1) is 29.6 Å². The molecule has 0 spiro atoms. The molecule has 2 saturated carbocycles. The molecular weight excluding hydrogens is 739 g/mol. The van der Waals surface area contributed by atoms with Gasteiger partial charge in [-0.05, 0) is 81.8 Å². The Kier molecular flexibility index (Phi) is 25.7. The van der Waals surface area contributed by atoms with Gasteiger partial charge in [0.05, 0.1) is 12.5 Å². The number of hydrogen-bond donors (Lipinski definition) is 0. The first-order chi connectivity index (χ1) is 28.9. The lowest BCUT2D eigenvalue weighted by molar-refractivity contribution is -0.169. The minimum absolute atomic E-state index is 0.000281. The highest BCUT2D eigenvalue weighted by Gasteiger charge is 2.44. The van der Waals surface area contributed by atoms with Gasteiger partial charge in [0.2, 0.25) is 0 Å². The van der Waals surface area contributed by atoms with Crippen molar-refractivity contribution in [2.75, 3.05) is 32.8 Å². The molecule has 0 N–H and O–H groups in total. The van der Waals surface area contributed by atoms with E-state index in [1.165, 1.54) is 141 Å². The molecule has 0 aromatic carbocycles. The lowest BCUT2D eigenvalue weighted by atomic mass is 9.97. The zero-order valence-corrected chi connectivity index (χ0v) is 38.6. The minimum Gasteiger partial charge on any atom is -0.463 e. The van der Waals surface area contributed by atoms with E-state index in [0.29, 0.717) is 12.8 Å². The van der Waals surface area contributed by atoms with Gasteiger partial charge in [0.15, 0.2) is 12.2 Å². The van der Waals surface area contributed by atoms with E-state index in [4.69, 9.17) is 18.9 Å². The van der Waals surface area contributed by atoms with Crippen LogP contribution in [0.5, 0.6) is 0 Å². The second-order valence-electron chi connectivity index (χ2n) is 19.4. The van der Waals surface area contributed by atoms with E-state index in [1.54, 1.807) is 0 Å². The fourth-order valence-corrected chi connectivity index (χ4v) is 10.1. The lowest BCUT2D eigenvalue weighted by Gasteiger charge is -2.30. The van der Waals surface area contributed by atoms with Gasteiger partial charge in [0.25, 0.3) is 0 Å². The number of rotatable bonds is 36. The molecule has 7 atom stereocenters. The highest BCUT2D eigenvalue weighted by Crippen LogP contribution is 2.46. The van der Waals surface area contributed by atoms with Crippen LogP contribution in [0.1, 0.15) is 226 Å². The summed E-state index contributed by atoms with van der Waals surface area (Å²) in [6.07, 6.45) is 36.4. The summed E-state index contributed by atoms with van der Waals surface area (Å²) in [6.45, 7) is 9.64. The molecule has 0 aromatic heterocycles. The van der Waals surface area contributed by atoms with Crippen molar-refractivity contribution in [2.45, 2.75) is 245 Å². The molecule has 2 aliphatic heterocycles. The zero-order chi connectivity index (χ0) is 41.9. The summed E-state index contributed by atoms with van der Waals surface area (Å²) in [7, 11) is 0. The Morgan fingerprint density at radius 1 is 0.542 bits per heavy atom. The van der Waals surface area contributed by atoms with E-state index in [0.717, 1.165) is 94.7 Å². The van der Waals surface area contributed by atoms with Crippen molar-refractivity contribution in [2.24, 2.45) is 29.6 Å². The third-order valence-electron chi connectivity index (χ3n) is 14.4. The Hall–Kier alpha value is -1.67. The molecule has 5 unspecified atom stereocenters. The van der Waals surface area contributed by atoms with E-state index in [-0.39, 0.29) is 37.0 Å². The molecule has 4 fully saturated rings. The number of carbonyl (C=O) groups excluding carboxylic acids is 3. The zero-order valence-electron chi connectivity index (χ0n) is 38.6. The third kappa shape index (κ3) is 21.3. The predicted molar refractivity (Wildman–Crippen MR) is 239 cm³/mol. The second kappa shape index (κ2) is 30.4. The van der Waals surface area contributed by atoms with Gasteiger partial charge in [0, 0.05) is 12.8 Å². The van der Waals surface area contributed by atoms with E-state index in [2.05, 4.69) is 25.7 Å². The third-order valence-corrected chi connectivity index (χ3v) is 14.4. The summed E-state index contributed by atoms with van der Waals surface area (Å²) in [5.41, 5.74) is 0. The van der Waals surface area contributed by atoms with Crippen LogP contribution >= 0.6 is 0 Å². The number of hydrogen-bond acceptors (Lipinski definition) is 8. The largest absolute Gasteiger partial charge is 0.463 e. The van der Waals surface area contributed by atoms with Crippen molar-refractivity contribution in [1.29, 1.82) is 0 Å². The Bertz CT molecular complexity index is 1120. The fourth-order valence-electron chi connectivity index (χ4n) is 10.1. The van der Waals surface area contributed by atoms with Crippen LogP contribution in [0.15, 0.2) is 0 Å². The van der Waals surface area contributed by atoms with Crippen molar-refractivity contribution < 1.29 is 33.3 Å². The average Bonchev–Trinajstić information content (AvgIpc) is 4.15. The number of nitrogens with zero attached hydrogens (tertiary/aromatic N) is 1. The molecule has 8 nitrogen and oxygen atoms in total. The van der Waals surface area contributed by atoms with Crippen molar-refractivity contribution in [3.63, 3.8) is 0 Å². The highest BCUT2D eigenvalue weighted by molar-refractivity contribution is 5.73. The van der Waals surface area contributed by atoms with Gasteiger partial charge in [-0.3, -0.25) is 14.4 Å². The van der Waals surface area contributed by atoms with Gasteiger partial charge in [-0.15, -0.1) is 0 Å². The Morgan fingerprint density at radius 3 is 1.42 bits per heavy atom. The van der Waals surface area contributed by atoms with Gasteiger partial charge in [-0.25, -0.2) is 0 Å². The molecular formula is C51H91NO7. The minimum atomic E-state index is -0.767. The van der Waals surface area contributed by atoms with Crippen LogP contribution < -0.4 is 0 Å². The maximum absolute atomic E-state index is 13.1. The highest BCUT2D eigenvalue weighted by atomic mass is 16.6. The number of carbonyl (C=O) groups is 3. The number of likely N-dealkylation sites (tertiary alicyclic amines) is 1. The second-order valence-corrected chi connectivity index (χ2v) is 19.4. The van der Waals surface area contributed by atoms with Gasteiger partial charge in [0.1, 0.15) is 12.7 Å². The van der Waals surface area contributed by atoms with E-state index in [1.807, 2.05) is 0 Å². The van der Waals surface area contributed by atoms with Crippen LogP contribution in [0.3, 0.4) is 0 Å². The number of unbranched alkanes of at least 4 members (excludes halogenated alkanes) is 18. The number of esters is 3. The molecule has 2 aliphatic carbocycles. The molecule has 59 heavy (non-hydrogen) atoms. The van der Waals surface area contributed by atoms with Crippen LogP contribution in [0.4, 0.5) is 0 Å². The SMILES string of the molecule is CCCCCCCCC1CC1CCCCCCCC(=O)O[C@H]1COC(COC(=O)C2CCN(CC)CC2)[C@@H]1OC(=O)CCCCCCCC1CC1CCCCCCCC.